The van der Waals surface area contributed by atoms with Crippen molar-refractivity contribution in [3.8, 4) is 11.9 Å². The molecular formula is C19H14BrClN6O. The molecule has 0 aliphatic carbocycles. The average molecular weight is 458 g/mol. The lowest BCUT2D eigenvalue weighted by atomic mass is 9.99. The molecule has 28 heavy (non-hydrogen) atoms. The van der Waals surface area contributed by atoms with Gasteiger partial charge in [-0.1, -0.05) is 11.6 Å². The zero-order chi connectivity index (χ0) is 20.0. The maximum Gasteiger partial charge on any atom is 0.257 e. The zero-order valence-corrected chi connectivity index (χ0v) is 17.3. The third-order valence-electron chi connectivity index (χ3n) is 4.61. The summed E-state index contributed by atoms with van der Waals surface area (Å²) in [6, 6.07) is 10.7. The molecule has 0 bridgehead atoms. The van der Waals surface area contributed by atoms with Gasteiger partial charge in [0.05, 0.1) is 33.6 Å². The number of carbonyl (C=O) groups excluding carboxylic acids is 1. The van der Waals surface area contributed by atoms with E-state index in [1.54, 1.807) is 47.1 Å². The van der Waals surface area contributed by atoms with Gasteiger partial charge in [0, 0.05) is 13.2 Å². The van der Waals surface area contributed by atoms with Crippen LogP contribution in [0, 0.1) is 18.3 Å². The molecule has 1 amide bonds. The Bertz CT molecular complexity index is 1150. The standard InChI is InChI=1S/C19H14BrClN6O/c1-10-6-11(9-22)7-12-16(10)24-18(26(2)19(12)28)14-8-15(20)25-27(14)17-13(21)4-3-5-23-17/h3-8,18,24H,1-2H3. The number of hydrogen-bond donors (Lipinski definition) is 1. The Kier molecular flexibility index (Phi) is 4.57. The average Bonchev–Trinajstić information content (AvgIpc) is 3.06. The first-order chi connectivity index (χ1) is 13.4. The van der Waals surface area contributed by atoms with Gasteiger partial charge in [0.1, 0.15) is 10.8 Å². The van der Waals surface area contributed by atoms with Crippen LogP contribution in [0.15, 0.2) is 41.1 Å². The van der Waals surface area contributed by atoms with E-state index < -0.39 is 6.17 Å². The van der Waals surface area contributed by atoms with Crippen LogP contribution in [0.3, 0.4) is 0 Å². The lowest BCUT2D eigenvalue weighted by Crippen LogP contribution is -2.41. The van der Waals surface area contributed by atoms with Gasteiger partial charge < -0.3 is 10.2 Å². The van der Waals surface area contributed by atoms with Crippen molar-refractivity contribution in [1.82, 2.24) is 19.7 Å². The summed E-state index contributed by atoms with van der Waals surface area (Å²) in [5, 5.41) is 17.5. The van der Waals surface area contributed by atoms with Crippen molar-refractivity contribution in [2.45, 2.75) is 13.1 Å². The van der Waals surface area contributed by atoms with Crippen LogP contribution in [0.5, 0.6) is 0 Å². The topological polar surface area (TPSA) is 86.8 Å². The molecule has 0 fully saturated rings. The van der Waals surface area contributed by atoms with Gasteiger partial charge in [0.25, 0.3) is 5.91 Å². The molecule has 1 unspecified atom stereocenters. The van der Waals surface area contributed by atoms with E-state index in [9.17, 15) is 10.1 Å². The Hall–Kier alpha value is -2.89. The highest BCUT2D eigenvalue weighted by molar-refractivity contribution is 9.10. The van der Waals surface area contributed by atoms with E-state index in [0.717, 1.165) is 5.56 Å². The molecule has 4 rings (SSSR count). The van der Waals surface area contributed by atoms with Crippen LogP contribution >= 0.6 is 27.5 Å². The number of benzene rings is 1. The molecule has 9 heteroatoms. The van der Waals surface area contributed by atoms with E-state index in [2.05, 4.69) is 37.4 Å². The molecule has 0 radical (unpaired) electrons. The van der Waals surface area contributed by atoms with Gasteiger partial charge in [-0.3, -0.25) is 4.79 Å². The molecule has 1 aliphatic rings. The number of nitrogens with one attached hydrogen (secondary N) is 1. The maximum atomic E-state index is 13.0. The Morgan fingerprint density at radius 1 is 1.36 bits per heavy atom. The van der Waals surface area contributed by atoms with E-state index in [1.807, 2.05) is 13.0 Å². The molecule has 2 aromatic heterocycles. The molecule has 1 aliphatic heterocycles. The molecule has 7 nitrogen and oxygen atoms in total. The summed E-state index contributed by atoms with van der Waals surface area (Å²) in [7, 11) is 1.70. The van der Waals surface area contributed by atoms with Crippen molar-refractivity contribution in [2.24, 2.45) is 0 Å². The fraction of sp³-hybridized carbons (Fsp3) is 0.158. The van der Waals surface area contributed by atoms with Gasteiger partial charge in [-0.25, -0.2) is 9.67 Å². The van der Waals surface area contributed by atoms with Crippen molar-refractivity contribution in [1.29, 1.82) is 5.26 Å². The number of anilines is 1. The summed E-state index contributed by atoms with van der Waals surface area (Å²) < 4.78 is 2.20. The zero-order valence-electron chi connectivity index (χ0n) is 14.9. The summed E-state index contributed by atoms with van der Waals surface area (Å²) in [6.07, 6.45) is 1.13. The number of halogens is 2. The first-order valence-corrected chi connectivity index (χ1v) is 9.52. The summed E-state index contributed by atoms with van der Waals surface area (Å²) in [4.78, 5) is 18.9. The highest BCUT2D eigenvalue weighted by Gasteiger charge is 2.34. The van der Waals surface area contributed by atoms with Gasteiger partial charge in [-0.2, -0.15) is 10.4 Å². The Labute approximate surface area is 174 Å². The van der Waals surface area contributed by atoms with Crippen LogP contribution in [0.4, 0.5) is 5.69 Å². The number of nitriles is 1. The first-order valence-electron chi connectivity index (χ1n) is 8.35. The molecule has 140 valence electrons. The lowest BCUT2D eigenvalue weighted by Gasteiger charge is -2.36. The second-order valence-electron chi connectivity index (χ2n) is 6.40. The number of fused-ring (bicyclic) bond motifs is 1. The number of aromatic nitrogens is 3. The molecular weight excluding hydrogens is 444 g/mol. The van der Waals surface area contributed by atoms with E-state index in [0.29, 0.717) is 38.0 Å². The van der Waals surface area contributed by atoms with Gasteiger partial charge in [-0.05, 0) is 58.7 Å². The predicted molar refractivity (Wildman–Crippen MR) is 108 cm³/mol. The highest BCUT2D eigenvalue weighted by Crippen LogP contribution is 2.36. The first kappa shape index (κ1) is 18.5. The number of nitrogens with zero attached hydrogens (tertiary/aromatic N) is 5. The third kappa shape index (κ3) is 2.93. The number of rotatable bonds is 2. The number of pyridine rings is 1. The summed E-state index contributed by atoms with van der Waals surface area (Å²) >= 11 is 9.71. The van der Waals surface area contributed by atoms with Gasteiger partial charge in [0.15, 0.2) is 5.82 Å². The van der Waals surface area contributed by atoms with Crippen LogP contribution in [-0.4, -0.2) is 32.6 Å². The molecule has 0 saturated heterocycles. The van der Waals surface area contributed by atoms with Crippen LogP contribution < -0.4 is 5.32 Å². The summed E-state index contributed by atoms with van der Waals surface area (Å²) in [5.74, 6) is 0.282. The Balaban J connectivity index is 1.85. The van der Waals surface area contributed by atoms with Crippen molar-refractivity contribution in [3.05, 3.63) is 68.5 Å². The van der Waals surface area contributed by atoms with Gasteiger partial charge in [-0.15, -0.1) is 0 Å². The molecule has 3 heterocycles. The molecule has 0 spiro atoms. The van der Waals surface area contributed by atoms with Crippen LogP contribution in [0.1, 0.15) is 33.3 Å². The summed E-state index contributed by atoms with van der Waals surface area (Å²) in [6.45, 7) is 1.87. The fourth-order valence-corrected chi connectivity index (χ4v) is 3.88. The minimum absolute atomic E-state index is 0.185. The Morgan fingerprint density at radius 3 is 2.86 bits per heavy atom. The van der Waals surface area contributed by atoms with Crippen molar-refractivity contribution in [3.63, 3.8) is 0 Å². The smallest absolute Gasteiger partial charge is 0.257 e. The van der Waals surface area contributed by atoms with Crippen LogP contribution in [-0.2, 0) is 0 Å². The maximum absolute atomic E-state index is 13.0. The summed E-state index contributed by atoms with van der Waals surface area (Å²) in [5.41, 5.74) is 3.13. The molecule has 1 atom stereocenters. The SMILES string of the molecule is Cc1cc(C#N)cc2c1NC(c1cc(Br)nn1-c1ncccc1Cl)N(C)C2=O. The monoisotopic (exact) mass is 456 g/mol. The highest BCUT2D eigenvalue weighted by atomic mass is 79.9. The number of aryl methyl sites for hydroxylation is 1. The van der Waals surface area contributed by atoms with E-state index in [1.165, 1.54) is 0 Å². The molecule has 1 aromatic carbocycles. The predicted octanol–water partition coefficient (Wildman–Crippen LogP) is 4.06. The second kappa shape index (κ2) is 6.93. The molecule has 1 N–H and O–H groups in total. The minimum atomic E-state index is -0.497. The van der Waals surface area contributed by atoms with E-state index in [-0.39, 0.29) is 5.91 Å². The Morgan fingerprint density at radius 2 is 2.14 bits per heavy atom. The number of hydrogen-bond acceptors (Lipinski definition) is 5. The van der Waals surface area contributed by atoms with E-state index in [4.69, 9.17) is 11.6 Å². The molecule has 3 aromatic rings. The van der Waals surface area contributed by atoms with Crippen LogP contribution in [0.2, 0.25) is 5.02 Å². The van der Waals surface area contributed by atoms with Crippen LogP contribution in [0.25, 0.3) is 5.82 Å². The quantitative estimate of drug-likeness (QED) is 0.627. The number of amides is 1. The molecule has 0 saturated carbocycles. The second-order valence-corrected chi connectivity index (χ2v) is 7.62. The van der Waals surface area contributed by atoms with Crippen molar-refractivity contribution >= 4 is 39.1 Å². The van der Waals surface area contributed by atoms with Gasteiger partial charge in [0.2, 0.25) is 0 Å². The van der Waals surface area contributed by atoms with Crippen molar-refractivity contribution in [2.75, 3.05) is 12.4 Å². The largest absolute Gasteiger partial charge is 0.359 e. The van der Waals surface area contributed by atoms with Gasteiger partial charge >= 0.3 is 0 Å². The van der Waals surface area contributed by atoms with E-state index >= 15 is 0 Å². The fourth-order valence-electron chi connectivity index (χ4n) is 3.29. The van der Waals surface area contributed by atoms with Crippen molar-refractivity contribution < 1.29 is 4.79 Å². The normalized spacial score (nSPS) is 15.8. The lowest BCUT2D eigenvalue weighted by molar-refractivity contribution is 0.0730. The minimum Gasteiger partial charge on any atom is -0.359 e. The third-order valence-corrected chi connectivity index (χ3v) is 5.29. The number of carbonyl (C=O) groups is 1.